The molecule has 17 heteroatoms. The number of ketones is 2. The van der Waals surface area contributed by atoms with Crippen molar-refractivity contribution in [1.29, 1.82) is 0 Å². The summed E-state index contributed by atoms with van der Waals surface area (Å²) in [5, 5.41) is 23.2. The Labute approximate surface area is 330 Å². The fourth-order valence-electron chi connectivity index (χ4n) is 5.13. The zero-order valence-electron chi connectivity index (χ0n) is 28.5. The number of hydrazone groups is 2. The van der Waals surface area contributed by atoms with E-state index in [0.717, 1.165) is 12.2 Å². The molecule has 0 aromatic heterocycles. The number of hydrogen-bond donors (Lipinski definition) is 5. The van der Waals surface area contributed by atoms with Gasteiger partial charge in [-0.3, -0.25) is 30.0 Å². The number of benzene rings is 4. The first-order chi connectivity index (χ1) is 25.4. The van der Waals surface area contributed by atoms with Crippen molar-refractivity contribution in [3.05, 3.63) is 142 Å². The number of aliphatic hydroxyl groups excluding tert-OH is 1. The Balaban J connectivity index is 0.00000561. The third-order valence-corrected chi connectivity index (χ3v) is 8.59. The Morgan fingerprint density at radius 1 is 0.759 bits per heavy atom. The van der Waals surface area contributed by atoms with E-state index in [4.69, 9.17) is 4.74 Å². The van der Waals surface area contributed by atoms with E-state index in [1.165, 1.54) is 61.7 Å². The molecule has 0 atom stereocenters. The first kappa shape index (κ1) is 39.0. The van der Waals surface area contributed by atoms with E-state index in [-0.39, 0.29) is 69.2 Å². The maximum absolute atomic E-state index is 13.4. The molecule has 4 aromatic carbocycles. The van der Waals surface area contributed by atoms with Gasteiger partial charge in [-0.15, -0.1) is 0 Å². The van der Waals surface area contributed by atoms with E-state index in [0.29, 0.717) is 28.4 Å². The molecule has 4 aromatic rings. The number of aliphatic hydroxyl groups is 1. The molecule has 54 heavy (non-hydrogen) atoms. The van der Waals surface area contributed by atoms with Crippen LogP contribution in [0.3, 0.4) is 0 Å². The van der Waals surface area contributed by atoms with Crippen molar-refractivity contribution in [3.63, 3.8) is 0 Å². The fraction of sp³-hybridized carbons (Fsp3) is 0.0270. The van der Waals surface area contributed by atoms with Gasteiger partial charge in [0.25, 0.3) is 11.8 Å². The van der Waals surface area contributed by atoms with E-state index < -0.39 is 38.3 Å². The molecule has 0 fully saturated rings. The zero-order chi connectivity index (χ0) is 37.7. The van der Waals surface area contributed by atoms with Crippen molar-refractivity contribution in [2.24, 2.45) is 10.2 Å². The van der Waals surface area contributed by atoms with Crippen LogP contribution in [0.5, 0.6) is 5.75 Å². The molecule has 15 nitrogen and oxygen atoms in total. The second-order valence-corrected chi connectivity index (χ2v) is 12.7. The van der Waals surface area contributed by atoms with Gasteiger partial charge < -0.3 is 25.0 Å². The van der Waals surface area contributed by atoms with Crippen LogP contribution in [0.4, 0.5) is 22.7 Å². The van der Waals surface area contributed by atoms with Crippen molar-refractivity contribution in [2.75, 3.05) is 28.6 Å². The molecule has 0 saturated heterocycles. The summed E-state index contributed by atoms with van der Waals surface area (Å²) in [7, 11) is -3.74. The molecular weight excluding hydrogens is 727 g/mol. The average molecular weight is 755 g/mol. The number of ether oxygens (including phenoxy) is 1. The van der Waals surface area contributed by atoms with Gasteiger partial charge in [-0.25, -0.2) is 8.42 Å². The minimum Gasteiger partial charge on any atom is -0.744 e. The zero-order valence-corrected chi connectivity index (χ0v) is 31.3. The summed E-state index contributed by atoms with van der Waals surface area (Å²) >= 11 is 0. The van der Waals surface area contributed by atoms with Gasteiger partial charge in [-0.1, -0.05) is 18.2 Å². The number of hydrogen-bond acceptors (Lipinski definition) is 13. The first-order valence-corrected chi connectivity index (χ1v) is 16.9. The molecule has 5 N–H and O–H groups in total. The molecule has 0 heterocycles. The largest absolute Gasteiger partial charge is 1.00 e. The van der Waals surface area contributed by atoms with Gasteiger partial charge in [-0.2, -0.15) is 10.2 Å². The van der Waals surface area contributed by atoms with E-state index in [2.05, 4.69) is 31.7 Å². The number of anilines is 4. The van der Waals surface area contributed by atoms with Gasteiger partial charge in [0.15, 0.2) is 5.78 Å². The van der Waals surface area contributed by atoms with Gasteiger partial charge in [0, 0.05) is 34.1 Å². The quantitative estimate of drug-likeness (QED) is 0.0682. The number of fused-ring (bicyclic) bond motifs is 1. The third-order valence-electron chi connectivity index (χ3n) is 7.74. The molecule has 0 radical (unpaired) electrons. The number of para-hydroxylation sites is 2. The first-order valence-electron chi connectivity index (χ1n) is 15.5. The smallest absolute Gasteiger partial charge is 0.744 e. The minimum atomic E-state index is -5.16. The van der Waals surface area contributed by atoms with Crippen LogP contribution >= 0.6 is 0 Å². The van der Waals surface area contributed by atoms with E-state index in [1.54, 1.807) is 48.5 Å². The SMILES string of the molecule is COc1ccccc1N/N=C1\C(=O)c2ccc(NC(=O)c3cccc(NC(=O)c4ccc(N/N=C5/C=CC(=O)C=C5O)cc4)c3)cc2C=C1S(=O)(=O)[O-].[Na+]. The monoisotopic (exact) mass is 754 g/mol. The molecule has 0 aliphatic heterocycles. The van der Waals surface area contributed by atoms with Gasteiger partial charge >= 0.3 is 29.6 Å². The number of carbonyl (C=O) groups is 4. The van der Waals surface area contributed by atoms with Crippen LogP contribution in [0.25, 0.3) is 6.08 Å². The number of carbonyl (C=O) groups excluding carboxylic acids is 4. The molecular formula is C37H27N6NaO9S. The number of allylic oxidation sites excluding steroid dienone is 4. The molecule has 6 rings (SSSR count). The van der Waals surface area contributed by atoms with Crippen LogP contribution in [0.1, 0.15) is 36.6 Å². The number of amides is 2. The van der Waals surface area contributed by atoms with Crippen molar-refractivity contribution in [3.8, 4) is 5.75 Å². The van der Waals surface area contributed by atoms with Crippen LogP contribution in [0.2, 0.25) is 0 Å². The van der Waals surface area contributed by atoms with Crippen molar-refractivity contribution >= 4 is 73.7 Å². The summed E-state index contributed by atoms with van der Waals surface area (Å²) in [5.74, 6) is -2.14. The average Bonchev–Trinajstić information content (AvgIpc) is 3.14. The summed E-state index contributed by atoms with van der Waals surface area (Å²) in [4.78, 5) is 50.0. The number of nitrogens with one attached hydrogen (secondary N) is 4. The predicted molar refractivity (Wildman–Crippen MR) is 197 cm³/mol. The molecule has 2 amide bonds. The molecule has 0 saturated carbocycles. The van der Waals surface area contributed by atoms with E-state index in [9.17, 15) is 37.3 Å². The van der Waals surface area contributed by atoms with Crippen LogP contribution in [0.15, 0.2) is 130 Å². The van der Waals surface area contributed by atoms with Gasteiger partial charge in [0.2, 0.25) is 5.78 Å². The molecule has 2 aliphatic carbocycles. The summed E-state index contributed by atoms with van der Waals surface area (Å²) in [6, 6.07) is 23.1. The standard InChI is InChI=1S/C37H28N6O9S.Na/c1-52-32-8-3-2-7-30(32)42-43-34-33(53(49,50)51)19-23-18-26(13-15-28(23)35(34)46)39-37(48)22-5-4-6-25(17-22)38-36(47)21-9-11-24(12-10-21)40-41-29-16-14-27(44)20-31(29)45;/h2-20,40,42,45H,1H3,(H,38,47)(H,39,48)(H,49,50,51);/q;+1/p-1/b41-29-,43-34-;. The topological polar surface area (TPSA) is 228 Å². The maximum atomic E-state index is 13.4. The Morgan fingerprint density at radius 2 is 1.44 bits per heavy atom. The summed E-state index contributed by atoms with van der Waals surface area (Å²) in [6.07, 6.45) is 4.69. The normalized spacial score (nSPS) is 15.0. The van der Waals surface area contributed by atoms with Crippen molar-refractivity contribution in [2.45, 2.75) is 0 Å². The third kappa shape index (κ3) is 9.06. The second kappa shape index (κ2) is 16.7. The van der Waals surface area contributed by atoms with Gasteiger partial charge in [0.1, 0.15) is 33.1 Å². The van der Waals surface area contributed by atoms with E-state index in [1.807, 2.05) is 0 Å². The molecule has 0 spiro atoms. The number of Topliss-reactive ketones (excluding diaryl/α,β-unsaturated/α-hetero) is 1. The molecule has 266 valence electrons. The van der Waals surface area contributed by atoms with Crippen LogP contribution in [-0.4, -0.2) is 60.0 Å². The molecule has 2 aliphatic rings. The summed E-state index contributed by atoms with van der Waals surface area (Å²) in [6.45, 7) is 0. The van der Waals surface area contributed by atoms with Gasteiger partial charge in [-0.05, 0) is 96.6 Å². The Hall–Kier alpha value is -6.17. The summed E-state index contributed by atoms with van der Waals surface area (Å²) < 4.78 is 41.9. The second-order valence-electron chi connectivity index (χ2n) is 11.3. The number of methoxy groups -OCH3 is 1. The Morgan fingerprint density at radius 3 is 2.15 bits per heavy atom. The van der Waals surface area contributed by atoms with E-state index >= 15 is 0 Å². The Kier molecular flexibility index (Phi) is 12.0. The van der Waals surface area contributed by atoms with Crippen LogP contribution < -0.4 is 55.8 Å². The minimum absolute atomic E-state index is 0. The molecule has 0 unspecified atom stereocenters. The molecule has 0 bridgehead atoms. The fourth-order valence-corrected chi connectivity index (χ4v) is 5.78. The van der Waals surface area contributed by atoms with Crippen LogP contribution in [-0.2, 0) is 14.9 Å². The Bertz CT molecular complexity index is 2460. The predicted octanol–water partition coefficient (Wildman–Crippen LogP) is 2.10. The van der Waals surface area contributed by atoms with Crippen molar-refractivity contribution < 1.29 is 71.5 Å². The van der Waals surface area contributed by atoms with Crippen LogP contribution in [0, 0.1) is 0 Å². The number of nitrogens with zero attached hydrogens (tertiary/aromatic N) is 2. The number of rotatable bonds is 10. The maximum Gasteiger partial charge on any atom is 1.00 e. The van der Waals surface area contributed by atoms with Crippen molar-refractivity contribution in [1.82, 2.24) is 0 Å². The van der Waals surface area contributed by atoms with Gasteiger partial charge in [0.05, 0.1) is 23.4 Å². The summed E-state index contributed by atoms with van der Waals surface area (Å²) in [5.41, 5.74) is 6.81.